The van der Waals surface area contributed by atoms with Crippen LogP contribution in [-0.2, 0) is 36.5 Å². The topological polar surface area (TPSA) is 17.1 Å². The molecule has 0 aliphatic heterocycles. The van der Waals surface area contributed by atoms with Gasteiger partial charge in [-0.05, 0) is 80.8 Å². The fourth-order valence-electron chi connectivity index (χ4n) is 3.70. The standard InChI is InChI=1S/C26H28OS2/c1-26(2,3)29(27)25-22-16-14-20-11-9-19(10-12-20)13-15-21(17-18-22)24(25)28-23-7-5-4-6-8-23/h4-12,17-18H,13-16H2,1-3H3. The summed E-state index contributed by atoms with van der Waals surface area (Å²) in [7, 11) is -1.07. The molecule has 3 heteroatoms. The highest BCUT2D eigenvalue weighted by Gasteiger charge is 2.28. The van der Waals surface area contributed by atoms with Gasteiger partial charge in [0.15, 0.2) is 0 Å². The first-order valence-corrected chi connectivity index (χ1v) is 12.3. The lowest BCUT2D eigenvalue weighted by Crippen LogP contribution is -2.24. The van der Waals surface area contributed by atoms with Crippen molar-refractivity contribution in [3.05, 3.63) is 89.0 Å². The average Bonchev–Trinajstić information content (AvgIpc) is 2.70. The van der Waals surface area contributed by atoms with Gasteiger partial charge >= 0.3 is 0 Å². The van der Waals surface area contributed by atoms with E-state index in [1.165, 1.54) is 32.0 Å². The Morgan fingerprint density at radius 3 is 1.86 bits per heavy atom. The van der Waals surface area contributed by atoms with Crippen LogP contribution in [0.4, 0.5) is 0 Å². The summed E-state index contributed by atoms with van der Waals surface area (Å²) in [4.78, 5) is 3.46. The average molecular weight is 421 g/mol. The van der Waals surface area contributed by atoms with E-state index in [1.807, 2.05) is 6.07 Å². The molecule has 0 N–H and O–H groups in total. The van der Waals surface area contributed by atoms with E-state index in [1.54, 1.807) is 11.8 Å². The molecule has 3 aromatic carbocycles. The second-order valence-electron chi connectivity index (χ2n) is 8.65. The zero-order chi connectivity index (χ0) is 20.4. The van der Waals surface area contributed by atoms with Crippen LogP contribution in [0.15, 0.2) is 81.4 Å². The SMILES string of the molecule is CC(C)(C)S(=O)c1c2ccc(c1Sc1ccccc1)CCc1ccc(cc1)CC2. The summed E-state index contributed by atoms with van der Waals surface area (Å²) in [6.45, 7) is 6.24. The van der Waals surface area contributed by atoms with E-state index in [0.29, 0.717) is 0 Å². The third-order valence-corrected chi connectivity index (χ3v) is 8.63. The van der Waals surface area contributed by atoms with Crippen molar-refractivity contribution in [2.45, 2.75) is 65.9 Å². The van der Waals surface area contributed by atoms with E-state index in [-0.39, 0.29) is 4.75 Å². The van der Waals surface area contributed by atoms with Gasteiger partial charge in [-0.25, -0.2) is 0 Å². The smallest absolute Gasteiger partial charge is 0.0598 e. The van der Waals surface area contributed by atoms with Gasteiger partial charge in [0.05, 0.1) is 15.7 Å². The first-order valence-electron chi connectivity index (χ1n) is 10.3. The van der Waals surface area contributed by atoms with Gasteiger partial charge in [-0.15, -0.1) is 0 Å². The fourth-order valence-corrected chi connectivity index (χ4v) is 6.42. The van der Waals surface area contributed by atoms with Crippen LogP contribution in [0.25, 0.3) is 0 Å². The molecule has 7 rings (SSSR count). The van der Waals surface area contributed by atoms with Crippen molar-refractivity contribution in [3.8, 4) is 0 Å². The van der Waals surface area contributed by atoms with Gasteiger partial charge in [0.25, 0.3) is 0 Å². The second-order valence-corrected chi connectivity index (χ2v) is 11.9. The Morgan fingerprint density at radius 1 is 0.724 bits per heavy atom. The third kappa shape index (κ3) is 4.67. The van der Waals surface area contributed by atoms with Crippen LogP contribution in [0.3, 0.4) is 0 Å². The van der Waals surface area contributed by atoms with Gasteiger partial charge in [0, 0.05) is 14.5 Å². The molecule has 0 heterocycles. The van der Waals surface area contributed by atoms with Crippen LogP contribution in [0, 0.1) is 0 Å². The molecule has 4 aliphatic carbocycles. The lowest BCUT2D eigenvalue weighted by atomic mass is 9.96. The highest BCUT2D eigenvalue weighted by atomic mass is 32.2. The van der Waals surface area contributed by atoms with Gasteiger partial charge in [0.1, 0.15) is 0 Å². The van der Waals surface area contributed by atoms with Crippen molar-refractivity contribution in [1.82, 2.24) is 0 Å². The van der Waals surface area contributed by atoms with Gasteiger partial charge in [-0.1, -0.05) is 66.4 Å². The van der Waals surface area contributed by atoms with Crippen LogP contribution >= 0.6 is 11.8 Å². The van der Waals surface area contributed by atoms with Crippen LogP contribution in [0.5, 0.6) is 0 Å². The highest BCUT2D eigenvalue weighted by Crippen LogP contribution is 2.40. The van der Waals surface area contributed by atoms with E-state index in [2.05, 4.69) is 81.4 Å². The van der Waals surface area contributed by atoms with Crippen LogP contribution in [0.2, 0.25) is 0 Å². The summed E-state index contributed by atoms with van der Waals surface area (Å²) in [5.41, 5.74) is 5.25. The monoisotopic (exact) mass is 420 g/mol. The lowest BCUT2D eigenvalue weighted by molar-refractivity contribution is 0.644. The normalized spacial score (nSPS) is 15.0. The molecule has 0 saturated heterocycles. The first-order chi connectivity index (χ1) is 13.9. The Kier molecular flexibility index (Phi) is 5.98. The molecule has 0 amide bonds. The molecular formula is C26H28OS2. The summed E-state index contributed by atoms with van der Waals surface area (Å²) >= 11 is 1.78. The van der Waals surface area contributed by atoms with Gasteiger partial charge in [-0.2, -0.15) is 0 Å². The van der Waals surface area contributed by atoms with E-state index < -0.39 is 10.8 Å². The molecule has 150 valence electrons. The third-order valence-electron chi connectivity index (χ3n) is 5.37. The summed E-state index contributed by atoms with van der Waals surface area (Å²) < 4.78 is 13.4. The lowest BCUT2D eigenvalue weighted by Gasteiger charge is -2.25. The van der Waals surface area contributed by atoms with Crippen molar-refractivity contribution >= 4 is 22.6 Å². The molecule has 1 atom stereocenters. The van der Waals surface area contributed by atoms with Gasteiger partial charge in [-0.3, -0.25) is 4.21 Å². The van der Waals surface area contributed by atoms with Gasteiger partial charge in [0.2, 0.25) is 0 Å². The van der Waals surface area contributed by atoms with E-state index in [0.717, 1.165) is 30.6 Å². The van der Waals surface area contributed by atoms with Crippen LogP contribution < -0.4 is 0 Å². The Bertz CT molecular complexity index is 1020. The van der Waals surface area contributed by atoms with E-state index in [4.69, 9.17) is 0 Å². The molecule has 1 unspecified atom stereocenters. The first kappa shape index (κ1) is 20.4. The summed E-state index contributed by atoms with van der Waals surface area (Å²) in [5, 5.41) is 0. The Morgan fingerprint density at radius 2 is 1.28 bits per heavy atom. The van der Waals surface area contributed by atoms with Crippen LogP contribution in [0.1, 0.15) is 43.0 Å². The fraction of sp³-hybridized carbons (Fsp3) is 0.308. The molecule has 0 radical (unpaired) electrons. The maximum absolute atomic E-state index is 13.7. The predicted octanol–water partition coefficient (Wildman–Crippen LogP) is 6.63. The predicted molar refractivity (Wildman–Crippen MR) is 124 cm³/mol. The van der Waals surface area contributed by atoms with E-state index in [9.17, 15) is 4.21 Å². The molecule has 4 aliphatic rings. The number of rotatable bonds is 3. The molecule has 1 nitrogen and oxygen atoms in total. The number of hydrogen-bond acceptors (Lipinski definition) is 2. The Labute approximate surface area is 181 Å². The minimum Gasteiger partial charge on any atom is -0.254 e. The maximum atomic E-state index is 13.7. The molecule has 3 aromatic rings. The van der Waals surface area contributed by atoms with Crippen molar-refractivity contribution in [2.24, 2.45) is 0 Å². The molecule has 29 heavy (non-hydrogen) atoms. The largest absolute Gasteiger partial charge is 0.254 e. The molecule has 0 aromatic heterocycles. The van der Waals surface area contributed by atoms with Gasteiger partial charge < -0.3 is 0 Å². The van der Waals surface area contributed by atoms with Crippen molar-refractivity contribution in [2.75, 3.05) is 0 Å². The van der Waals surface area contributed by atoms with E-state index >= 15 is 0 Å². The zero-order valence-corrected chi connectivity index (χ0v) is 19.0. The Hall–Kier alpha value is -1.84. The molecular weight excluding hydrogens is 392 g/mol. The van der Waals surface area contributed by atoms with Crippen molar-refractivity contribution in [3.63, 3.8) is 0 Å². The minimum absolute atomic E-state index is 0.295. The number of hydrogen-bond donors (Lipinski definition) is 0. The van der Waals surface area contributed by atoms with Crippen molar-refractivity contribution in [1.29, 1.82) is 0 Å². The maximum Gasteiger partial charge on any atom is 0.0598 e. The van der Waals surface area contributed by atoms with Crippen LogP contribution in [-0.4, -0.2) is 8.96 Å². The zero-order valence-electron chi connectivity index (χ0n) is 17.4. The minimum atomic E-state index is -1.07. The summed E-state index contributed by atoms with van der Waals surface area (Å²) in [6, 6.07) is 24.0. The second kappa shape index (κ2) is 8.49. The number of aryl methyl sites for hydroxylation is 4. The van der Waals surface area contributed by atoms with Crippen molar-refractivity contribution < 1.29 is 4.21 Å². The Balaban J connectivity index is 1.87. The molecule has 0 fully saturated rings. The summed E-state index contributed by atoms with van der Waals surface area (Å²) in [6.07, 6.45) is 3.86. The highest BCUT2D eigenvalue weighted by molar-refractivity contribution is 8.00. The molecule has 4 bridgehead atoms. The molecule has 0 spiro atoms. The summed E-state index contributed by atoms with van der Waals surface area (Å²) in [5.74, 6) is 0. The quantitative estimate of drug-likeness (QED) is 0.473. The molecule has 0 saturated carbocycles. The number of benzene rings is 3.